The maximum atomic E-state index is 13.0. The molecule has 4 nitrogen and oxygen atoms in total. The van der Waals surface area contributed by atoms with Crippen molar-refractivity contribution in [1.82, 2.24) is 5.32 Å². The van der Waals surface area contributed by atoms with Crippen LogP contribution in [0.25, 0.3) is 0 Å². The first-order valence-corrected chi connectivity index (χ1v) is 9.11. The number of para-hydroxylation sites is 1. The molecule has 1 amide bonds. The Morgan fingerprint density at radius 2 is 1.96 bits per heavy atom. The van der Waals surface area contributed by atoms with Gasteiger partial charge in [0.15, 0.2) is 0 Å². The normalized spacial score (nSPS) is 18.0. The summed E-state index contributed by atoms with van der Waals surface area (Å²) in [5.74, 6) is 1.32. The number of rotatable bonds is 4. The highest BCUT2D eigenvalue weighted by Crippen LogP contribution is 2.40. The Labute approximate surface area is 155 Å². The molecule has 0 bridgehead atoms. The Hall–Kier alpha value is -2.49. The van der Waals surface area contributed by atoms with E-state index < -0.39 is 0 Å². The van der Waals surface area contributed by atoms with Gasteiger partial charge in [-0.25, -0.2) is 0 Å². The molecule has 1 N–H and O–H groups in total. The third-order valence-corrected chi connectivity index (χ3v) is 4.42. The molecule has 0 saturated heterocycles. The van der Waals surface area contributed by atoms with Crippen LogP contribution in [-0.2, 0) is 0 Å². The molecule has 1 unspecified atom stereocenters. The van der Waals surface area contributed by atoms with Crippen molar-refractivity contribution in [2.24, 2.45) is 0 Å². The number of aryl methyl sites for hydroxylation is 1. The Kier molecular flexibility index (Phi) is 4.94. The van der Waals surface area contributed by atoms with E-state index in [2.05, 4.69) is 11.4 Å². The van der Waals surface area contributed by atoms with Crippen molar-refractivity contribution in [2.75, 3.05) is 0 Å². The predicted molar refractivity (Wildman–Crippen MR) is 103 cm³/mol. The lowest BCUT2D eigenvalue weighted by Gasteiger charge is -2.38. The van der Waals surface area contributed by atoms with Crippen molar-refractivity contribution in [3.05, 3.63) is 59.2 Å². The second-order valence-corrected chi connectivity index (χ2v) is 7.80. The first-order chi connectivity index (χ1) is 12.2. The standard InChI is InChI=1S/C22H27NO3/c1-14(2)25-19-9-7-6-8-16(19)21(24)23-18-13-22(4,5)26-20-11-10-15(3)12-17(18)20/h6-12,14,18H,13H2,1-5H3,(H,23,24). The number of hydrogen-bond acceptors (Lipinski definition) is 3. The van der Waals surface area contributed by atoms with Crippen LogP contribution >= 0.6 is 0 Å². The lowest BCUT2D eigenvalue weighted by atomic mass is 9.88. The summed E-state index contributed by atoms with van der Waals surface area (Å²) < 4.78 is 11.9. The smallest absolute Gasteiger partial charge is 0.255 e. The van der Waals surface area contributed by atoms with E-state index >= 15 is 0 Å². The average Bonchev–Trinajstić information content (AvgIpc) is 2.54. The molecule has 2 aromatic rings. The van der Waals surface area contributed by atoms with Crippen LogP contribution in [0.15, 0.2) is 42.5 Å². The second-order valence-electron chi connectivity index (χ2n) is 7.80. The van der Waals surface area contributed by atoms with Crippen LogP contribution < -0.4 is 14.8 Å². The summed E-state index contributed by atoms with van der Waals surface area (Å²) in [6.45, 7) is 10.0. The Morgan fingerprint density at radius 1 is 1.23 bits per heavy atom. The van der Waals surface area contributed by atoms with Crippen LogP contribution in [0.1, 0.15) is 61.6 Å². The van der Waals surface area contributed by atoms with Gasteiger partial charge < -0.3 is 14.8 Å². The SMILES string of the molecule is Cc1ccc2c(c1)C(NC(=O)c1ccccc1OC(C)C)CC(C)(C)O2. The van der Waals surface area contributed by atoms with Gasteiger partial charge in [-0.3, -0.25) is 4.79 Å². The van der Waals surface area contributed by atoms with Crippen LogP contribution in [0.2, 0.25) is 0 Å². The zero-order valence-electron chi connectivity index (χ0n) is 16.1. The van der Waals surface area contributed by atoms with E-state index in [9.17, 15) is 4.79 Å². The first kappa shape index (κ1) is 18.3. The number of ether oxygens (including phenoxy) is 2. The molecule has 2 aromatic carbocycles. The fourth-order valence-corrected chi connectivity index (χ4v) is 3.35. The van der Waals surface area contributed by atoms with E-state index in [1.54, 1.807) is 6.07 Å². The number of amides is 1. The Balaban J connectivity index is 1.89. The van der Waals surface area contributed by atoms with Gasteiger partial charge in [0.1, 0.15) is 17.1 Å². The lowest BCUT2D eigenvalue weighted by Crippen LogP contribution is -2.41. The molecule has 26 heavy (non-hydrogen) atoms. The van der Waals surface area contributed by atoms with Gasteiger partial charge >= 0.3 is 0 Å². The summed E-state index contributed by atoms with van der Waals surface area (Å²) in [4.78, 5) is 13.0. The van der Waals surface area contributed by atoms with Crippen molar-refractivity contribution in [3.63, 3.8) is 0 Å². The number of nitrogens with one attached hydrogen (secondary N) is 1. The van der Waals surface area contributed by atoms with E-state index in [0.717, 1.165) is 16.9 Å². The quantitative estimate of drug-likeness (QED) is 0.858. The molecule has 138 valence electrons. The Bertz CT molecular complexity index is 811. The molecule has 1 heterocycles. The lowest BCUT2D eigenvalue weighted by molar-refractivity contribution is 0.0618. The maximum Gasteiger partial charge on any atom is 0.255 e. The molecule has 0 saturated carbocycles. The zero-order chi connectivity index (χ0) is 18.9. The van der Waals surface area contributed by atoms with Crippen LogP contribution in [0, 0.1) is 6.92 Å². The Morgan fingerprint density at radius 3 is 2.69 bits per heavy atom. The first-order valence-electron chi connectivity index (χ1n) is 9.11. The fraction of sp³-hybridized carbons (Fsp3) is 0.409. The maximum absolute atomic E-state index is 13.0. The van der Waals surface area contributed by atoms with Gasteiger partial charge in [0.25, 0.3) is 5.91 Å². The summed E-state index contributed by atoms with van der Waals surface area (Å²) in [6.07, 6.45) is 0.719. The molecule has 4 heteroatoms. The van der Waals surface area contributed by atoms with Crippen LogP contribution in [-0.4, -0.2) is 17.6 Å². The highest BCUT2D eigenvalue weighted by molar-refractivity contribution is 5.97. The molecule has 0 aromatic heterocycles. The van der Waals surface area contributed by atoms with Crippen molar-refractivity contribution in [3.8, 4) is 11.5 Å². The third kappa shape index (κ3) is 4.01. The van der Waals surface area contributed by atoms with Crippen molar-refractivity contribution < 1.29 is 14.3 Å². The van der Waals surface area contributed by atoms with Gasteiger partial charge in [-0.05, 0) is 52.8 Å². The van der Waals surface area contributed by atoms with Gasteiger partial charge in [-0.1, -0.05) is 29.8 Å². The van der Waals surface area contributed by atoms with E-state index in [-0.39, 0.29) is 23.7 Å². The molecule has 0 radical (unpaired) electrons. The monoisotopic (exact) mass is 353 g/mol. The molecule has 1 aliphatic heterocycles. The average molecular weight is 353 g/mol. The van der Waals surface area contributed by atoms with Gasteiger partial charge in [0.2, 0.25) is 0 Å². The molecular weight excluding hydrogens is 326 g/mol. The van der Waals surface area contributed by atoms with Crippen molar-refractivity contribution >= 4 is 5.91 Å². The molecule has 0 aliphatic carbocycles. The molecule has 1 atom stereocenters. The van der Waals surface area contributed by atoms with Crippen LogP contribution in [0.3, 0.4) is 0 Å². The van der Waals surface area contributed by atoms with Gasteiger partial charge in [-0.2, -0.15) is 0 Å². The van der Waals surface area contributed by atoms with E-state index in [1.165, 1.54) is 0 Å². The van der Waals surface area contributed by atoms with E-state index in [0.29, 0.717) is 17.7 Å². The topological polar surface area (TPSA) is 47.6 Å². The van der Waals surface area contributed by atoms with Crippen molar-refractivity contribution in [2.45, 2.75) is 58.8 Å². The zero-order valence-corrected chi connectivity index (χ0v) is 16.1. The van der Waals surface area contributed by atoms with Crippen LogP contribution in [0.5, 0.6) is 11.5 Å². The van der Waals surface area contributed by atoms with Gasteiger partial charge in [0.05, 0.1) is 17.7 Å². The molecule has 0 fully saturated rings. The van der Waals surface area contributed by atoms with Crippen molar-refractivity contribution in [1.29, 1.82) is 0 Å². The largest absolute Gasteiger partial charge is 0.490 e. The number of fused-ring (bicyclic) bond motifs is 1. The highest BCUT2D eigenvalue weighted by atomic mass is 16.5. The number of carbonyl (C=O) groups excluding carboxylic acids is 1. The molecular formula is C22H27NO3. The van der Waals surface area contributed by atoms with Crippen LogP contribution in [0.4, 0.5) is 0 Å². The summed E-state index contributed by atoms with van der Waals surface area (Å²) >= 11 is 0. The summed E-state index contributed by atoms with van der Waals surface area (Å²) in [7, 11) is 0. The van der Waals surface area contributed by atoms with Gasteiger partial charge in [0, 0.05) is 12.0 Å². The summed E-state index contributed by atoms with van der Waals surface area (Å²) in [5.41, 5.74) is 2.39. The fourth-order valence-electron chi connectivity index (χ4n) is 3.35. The predicted octanol–water partition coefficient (Wildman–Crippen LogP) is 4.81. The number of carbonyl (C=O) groups is 1. The summed E-state index contributed by atoms with van der Waals surface area (Å²) in [5, 5.41) is 3.19. The minimum absolute atomic E-state index is 0.00865. The summed E-state index contributed by atoms with van der Waals surface area (Å²) in [6, 6.07) is 13.4. The van der Waals surface area contributed by atoms with E-state index in [4.69, 9.17) is 9.47 Å². The minimum Gasteiger partial charge on any atom is -0.490 e. The van der Waals surface area contributed by atoms with Gasteiger partial charge in [-0.15, -0.1) is 0 Å². The second kappa shape index (κ2) is 7.02. The van der Waals surface area contributed by atoms with E-state index in [1.807, 2.05) is 65.0 Å². The molecule has 3 rings (SSSR count). The number of benzene rings is 2. The molecule has 0 spiro atoms. The third-order valence-electron chi connectivity index (χ3n) is 4.42. The number of hydrogen-bond donors (Lipinski definition) is 1. The minimum atomic E-state index is -0.339. The highest BCUT2D eigenvalue weighted by Gasteiger charge is 2.35. The molecule has 1 aliphatic rings.